The third kappa shape index (κ3) is 4.50. The van der Waals surface area contributed by atoms with E-state index in [0.717, 1.165) is 18.7 Å². The summed E-state index contributed by atoms with van der Waals surface area (Å²) in [6, 6.07) is 4.01. The van der Waals surface area contributed by atoms with Gasteiger partial charge in [-0.3, -0.25) is 9.89 Å². The summed E-state index contributed by atoms with van der Waals surface area (Å²) >= 11 is 3.22. The van der Waals surface area contributed by atoms with Crippen molar-refractivity contribution in [1.29, 1.82) is 0 Å². The molecule has 2 N–H and O–H groups in total. The Morgan fingerprint density at radius 2 is 2.50 bits per heavy atom. The molecule has 0 fully saturated rings. The van der Waals surface area contributed by atoms with Crippen LogP contribution in [0, 0.1) is 0 Å². The van der Waals surface area contributed by atoms with Crippen LogP contribution in [-0.4, -0.2) is 33.4 Å². The largest absolute Gasteiger partial charge is 0.355 e. The molecule has 0 radical (unpaired) electrons. The van der Waals surface area contributed by atoms with Gasteiger partial charge in [-0.2, -0.15) is 5.10 Å². The summed E-state index contributed by atoms with van der Waals surface area (Å²) in [6.45, 7) is 0.671. The lowest BCUT2D eigenvalue weighted by molar-refractivity contribution is -0.118. The van der Waals surface area contributed by atoms with Gasteiger partial charge in [0.1, 0.15) is 12.2 Å². The van der Waals surface area contributed by atoms with Gasteiger partial charge in [-0.1, -0.05) is 6.07 Å². The number of thioether (sulfide) groups is 1. The molecule has 0 unspecified atom stereocenters. The molecule has 5 nitrogen and oxygen atoms in total. The van der Waals surface area contributed by atoms with Crippen molar-refractivity contribution in [3.63, 3.8) is 0 Å². The fourth-order valence-corrected chi connectivity index (χ4v) is 2.98. The highest BCUT2D eigenvalue weighted by Gasteiger charge is 2.03. The van der Waals surface area contributed by atoms with Crippen LogP contribution in [0.5, 0.6) is 0 Å². The van der Waals surface area contributed by atoms with Crippen molar-refractivity contribution in [3.8, 4) is 0 Å². The zero-order chi connectivity index (χ0) is 12.6. The van der Waals surface area contributed by atoms with Gasteiger partial charge >= 0.3 is 0 Å². The fraction of sp³-hybridized carbons (Fsp3) is 0.364. The Morgan fingerprint density at radius 3 is 3.22 bits per heavy atom. The third-order valence-electron chi connectivity index (χ3n) is 2.22. The highest BCUT2D eigenvalue weighted by atomic mass is 32.2. The predicted molar refractivity (Wildman–Crippen MR) is 72.8 cm³/mol. The number of hydrogen-bond acceptors (Lipinski definition) is 5. The van der Waals surface area contributed by atoms with Crippen molar-refractivity contribution >= 4 is 29.0 Å². The number of aryl methyl sites for hydroxylation is 1. The van der Waals surface area contributed by atoms with Crippen molar-refractivity contribution in [1.82, 2.24) is 20.5 Å². The van der Waals surface area contributed by atoms with Crippen molar-refractivity contribution in [2.45, 2.75) is 17.1 Å². The number of H-pyrrole nitrogens is 1. The zero-order valence-electron chi connectivity index (χ0n) is 9.76. The number of nitrogens with zero attached hydrogens (tertiary/aromatic N) is 2. The topological polar surface area (TPSA) is 70.7 Å². The van der Waals surface area contributed by atoms with Gasteiger partial charge in [-0.15, -0.1) is 23.1 Å². The Hall–Kier alpha value is -1.34. The van der Waals surface area contributed by atoms with Crippen LogP contribution < -0.4 is 5.32 Å². The van der Waals surface area contributed by atoms with Crippen LogP contribution in [0.25, 0.3) is 0 Å². The number of rotatable bonds is 7. The Labute approximate surface area is 113 Å². The number of hydrogen-bond donors (Lipinski definition) is 2. The summed E-state index contributed by atoms with van der Waals surface area (Å²) in [6.07, 6.45) is 3.16. The van der Waals surface area contributed by atoms with Crippen LogP contribution in [0.4, 0.5) is 0 Å². The van der Waals surface area contributed by atoms with E-state index in [9.17, 15) is 4.79 Å². The number of aromatic nitrogens is 3. The molecule has 2 aromatic rings. The standard InChI is InChI=1S/C11H14N4OS2/c16-10(7-18-11-4-2-6-17-11)12-5-1-3-9-13-8-14-15-9/h2,4,6,8H,1,3,5,7H2,(H,12,16)(H,13,14,15). The van der Waals surface area contributed by atoms with Gasteiger partial charge in [0.15, 0.2) is 0 Å². The first-order chi connectivity index (χ1) is 8.84. The van der Waals surface area contributed by atoms with Crippen LogP contribution in [0.1, 0.15) is 12.2 Å². The average Bonchev–Trinajstić information content (AvgIpc) is 3.04. The number of amides is 1. The average molecular weight is 282 g/mol. The van der Waals surface area contributed by atoms with Gasteiger partial charge in [-0.05, 0) is 17.9 Å². The number of thiophene rings is 1. The monoisotopic (exact) mass is 282 g/mol. The summed E-state index contributed by atoms with van der Waals surface area (Å²) in [5.74, 6) is 1.41. The normalized spacial score (nSPS) is 10.4. The molecule has 18 heavy (non-hydrogen) atoms. The van der Waals surface area contributed by atoms with E-state index in [1.165, 1.54) is 10.5 Å². The van der Waals surface area contributed by atoms with Gasteiger partial charge in [0.2, 0.25) is 5.91 Å². The minimum absolute atomic E-state index is 0.0750. The fourth-order valence-electron chi connectivity index (χ4n) is 1.37. The second kappa shape index (κ2) is 7.17. The summed E-state index contributed by atoms with van der Waals surface area (Å²) in [5.41, 5.74) is 0. The van der Waals surface area contributed by atoms with E-state index in [1.54, 1.807) is 23.1 Å². The first kappa shape index (κ1) is 13.1. The van der Waals surface area contributed by atoms with Gasteiger partial charge < -0.3 is 5.32 Å². The molecule has 0 aliphatic heterocycles. The van der Waals surface area contributed by atoms with Crippen LogP contribution in [0.2, 0.25) is 0 Å². The molecule has 0 aliphatic rings. The third-order valence-corrected chi connectivity index (χ3v) is 4.35. The van der Waals surface area contributed by atoms with Crippen LogP contribution in [0.3, 0.4) is 0 Å². The minimum Gasteiger partial charge on any atom is -0.355 e. The lowest BCUT2D eigenvalue weighted by Crippen LogP contribution is -2.26. The van der Waals surface area contributed by atoms with Gasteiger partial charge in [0.05, 0.1) is 9.96 Å². The summed E-state index contributed by atoms with van der Waals surface area (Å²) in [7, 11) is 0. The molecule has 2 rings (SSSR count). The van der Waals surface area contributed by atoms with Gasteiger partial charge in [0.25, 0.3) is 0 Å². The molecule has 0 spiro atoms. The zero-order valence-corrected chi connectivity index (χ0v) is 11.4. The van der Waals surface area contributed by atoms with E-state index in [-0.39, 0.29) is 5.91 Å². The number of aromatic amines is 1. The molecule has 0 saturated heterocycles. The molecule has 7 heteroatoms. The van der Waals surface area contributed by atoms with E-state index in [1.807, 2.05) is 17.5 Å². The van der Waals surface area contributed by atoms with E-state index in [4.69, 9.17) is 0 Å². The maximum absolute atomic E-state index is 11.5. The lowest BCUT2D eigenvalue weighted by atomic mass is 10.3. The van der Waals surface area contributed by atoms with Crippen LogP contribution >= 0.6 is 23.1 Å². The van der Waals surface area contributed by atoms with Crippen molar-refractivity contribution in [2.24, 2.45) is 0 Å². The van der Waals surface area contributed by atoms with Crippen molar-refractivity contribution in [2.75, 3.05) is 12.3 Å². The second-order valence-electron chi connectivity index (χ2n) is 3.61. The minimum atomic E-state index is 0.0750. The van der Waals surface area contributed by atoms with Crippen molar-refractivity contribution < 1.29 is 4.79 Å². The van der Waals surface area contributed by atoms with E-state index >= 15 is 0 Å². The summed E-state index contributed by atoms with van der Waals surface area (Å²) < 4.78 is 1.17. The second-order valence-corrected chi connectivity index (χ2v) is 5.83. The Morgan fingerprint density at radius 1 is 1.56 bits per heavy atom. The Bertz CT molecular complexity index is 455. The number of carbonyl (C=O) groups is 1. The maximum Gasteiger partial charge on any atom is 0.230 e. The maximum atomic E-state index is 11.5. The molecule has 96 valence electrons. The summed E-state index contributed by atoms with van der Waals surface area (Å²) in [4.78, 5) is 15.6. The predicted octanol–water partition coefficient (Wildman–Crippen LogP) is 1.71. The number of nitrogens with one attached hydrogen (secondary N) is 2. The number of carbonyl (C=O) groups excluding carboxylic acids is 1. The Balaban J connectivity index is 1.55. The van der Waals surface area contributed by atoms with Gasteiger partial charge in [-0.25, -0.2) is 4.98 Å². The smallest absolute Gasteiger partial charge is 0.230 e. The van der Waals surface area contributed by atoms with E-state index < -0.39 is 0 Å². The van der Waals surface area contributed by atoms with Crippen LogP contribution in [0.15, 0.2) is 28.0 Å². The van der Waals surface area contributed by atoms with Gasteiger partial charge in [0, 0.05) is 13.0 Å². The molecule has 0 bridgehead atoms. The molecule has 0 saturated carbocycles. The summed E-state index contributed by atoms with van der Waals surface area (Å²) in [5, 5.41) is 11.5. The van der Waals surface area contributed by atoms with Crippen LogP contribution in [-0.2, 0) is 11.2 Å². The SMILES string of the molecule is O=C(CSc1cccs1)NCCCc1ncn[nH]1. The Kier molecular flexibility index (Phi) is 5.22. The van der Waals surface area contributed by atoms with Crippen molar-refractivity contribution in [3.05, 3.63) is 29.7 Å². The molecule has 1 amide bonds. The highest BCUT2D eigenvalue weighted by Crippen LogP contribution is 2.22. The molecule has 2 aromatic heterocycles. The molecular weight excluding hydrogens is 268 g/mol. The molecule has 0 aromatic carbocycles. The molecule has 2 heterocycles. The van der Waals surface area contributed by atoms with E-state index in [0.29, 0.717) is 12.3 Å². The highest BCUT2D eigenvalue weighted by molar-refractivity contribution is 8.01. The molecule has 0 atom stereocenters. The lowest BCUT2D eigenvalue weighted by Gasteiger charge is -2.03. The quantitative estimate of drug-likeness (QED) is 0.599. The van der Waals surface area contributed by atoms with E-state index in [2.05, 4.69) is 20.5 Å². The molecule has 0 aliphatic carbocycles. The molecular formula is C11H14N4OS2. The first-order valence-corrected chi connectivity index (χ1v) is 7.48. The first-order valence-electron chi connectivity index (χ1n) is 5.62.